The molecule has 5 rings (SSSR count). The second-order valence-corrected chi connectivity index (χ2v) is 8.20. The van der Waals surface area contributed by atoms with Crippen molar-refractivity contribution in [2.75, 3.05) is 30.4 Å². The molecule has 0 radical (unpaired) electrons. The quantitative estimate of drug-likeness (QED) is 0.508. The van der Waals surface area contributed by atoms with Gasteiger partial charge in [-0.25, -0.2) is 9.50 Å². The van der Waals surface area contributed by atoms with Crippen molar-refractivity contribution < 1.29 is 4.79 Å². The van der Waals surface area contributed by atoms with Crippen molar-refractivity contribution in [1.29, 1.82) is 0 Å². The molecular weight excluding hydrogens is 400 g/mol. The number of nitrogens with zero attached hydrogens (tertiary/aromatic N) is 4. The molecule has 0 bridgehead atoms. The van der Waals surface area contributed by atoms with Gasteiger partial charge >= 0.3 is 0 Å². The highest BCUT2D eigenvalue weighted by Crippen LogP contribution is 2.29. The standard InChI is InChI=1S/C25H26N6O/c1-17-6-5-7-18(14-17)20-15-27-31-13-11-22(28-24(20)31)25(32)29-21-8-3-4-9-23(21)30-12-10-19(16-30)26-2/h3-9,11,13-15,19,26H,10,12,16H2,1-2H3,(H,29,32)/t19-/m1/s1. The molecule has 0 spiro atoms. The first kappa shape index (κ1) is 20.2. The Morgan fingerprint density at radius 3 is 2.81 bits per heavy atom. The number of aryl methyl sites for hydroxylation is 1. The van der Waals surface area contributed by atoms with E-state index in [9.17, 15) is 4.79 Å². The number of anilines is 2. The number of carbonyl (C=O) groups excluding carboxylic acids is 1. The number of rotatable bonds is 5. The molecule has 1 aliphatic rings. The zero-order valence-corrected chi connectivity index (χ0v) is 18.2. The highest BCUT2D eigenvalue weighted by Gasteiger charge is 2.23. The predicted octanol–water partition coefficient (Wildman–Crippen LogP) is 3.76. The van der Waals surface area contributed by atoms with E-state index in [-0.39, 0.29) is 5.91 Å². The second-order valence-electron chi connectivity index (χ2n) is 8.20. The van der Waals surface area contributed by atoms with E-state index in [0.717, 1.165) is 47.6 Å². The van der Waals surface area contributed by atoms with E-state index in [4.69, 9.17) is 0 Å². The maximum absolute atomic E-state index is 13.1. The molecule has 32 heavy (non-hydrogen) atoms. The van der Waals surface area contributed by atoms with Gasteiger partial charge < -0.3 is 15.5 Å². The molecule has 2 aromatic carbocycles. The molecule has 0 saturated carbocycles. The summed E-state index contributed by atoms with van der Waals surface area (Å²) in [5.41, 5.74) is 5.94. The summed E-state index contributed by atoms with van der Waals surface area (Å²) in [6.07, 6.45) is 4.65. The molecular formula is C25H26N6O. The van der Waals surface area contributed by atoms with E-state index < -0.39 is 0 Å². The van der Waals surface area contributed by atoms with Crippen LogP contribution in [0.25, 0.3) is 16.8 Å². The summed E-state index contributed by atoms with van der Waals surface area (Å²) in [6, 6.07) is 18.3. The number of likely N-dealkylation sites (N-methyl/N-ethyl adjacent to an activating group) is 1. The summed E-state index contributed by atoms with van der Waals surface area (Å²) in [7, 11) is 1.99. The summed E-state index contributed by atoms with van der Waals surface area (Å²) in [5.74, 6) is -0.235. The Morgan fingerprint density at radius 2 is 2.00 bits per heavy atom. The average Bonchev–Trinajstić information content (AvgIpc) is 3.46. The molecule has 7 heteroatoms. The van der Waals surface area contributed by atoms with Crippen LogP contribution in [0, 0.1) is 6.92 Å². The van der Waals surface area contributed by atoms with Gasteiger partial charge in [-0.2, -0.15) is 5.10 Å². The molecule has 7 nitrogen and oxygen atoms in total. The summed E-state index contributed by atoms with van der Waals surface area (Å²) >= 11 is 0. The van der Waals surface area contributed by atoms with Crippen molar-refractivity contribution >= 4 is 22.9 Å². The minimum atomic E-state index is -0.235. The Hall–Kier alpha value is -3.71. The first-order chi connectivity index (χ1) is 15.6. The van der Waals surface area contributed by atoms with E-state index in [1.807, 2.05) is 37.4 Å². The van der Waals surface area contributed by atoms with E-state index in [0.29, 0.717) is 17.4 Å². The van der Waals surface area contributed by atoms with Gasteiger partial charge in [0.05, 0.1) is 17.6 Å². The Kier molecular flexibility index (Phi) is 5.33. The fraction of sp³-hybridized carbons (Fsp3) is 0.240. The molecule has 1 saturated heterocycles. The van der Waals surface area contributed by atoms with Crippen molar-refractivity contribution in [2.45, 2.75) is 19.4 Å². The topological polar surface area (TPSA) is 74.6 Å². The minimum Gasteiger partial charge on any atom is -0.368 e. The maximum atomic E-state index is 13.1. The Morgan fingerprint density at radius 1 is 1.12 bits per heavy atom. The average molecular weight is 427 g/mol. The number of hydrogen-bond donors (Lipinski definition) is 2. The molecule has 162 valence electrons. The molecule has 1 atom stereocenters. The summed E-state index contributed by atoms with van der Waals surface area (Å²) in [4.78, 5) is 20.1. The number of benzene rings is 2. The highest BCUT2D eigenvalue weighted by molar-refractivity contribution is 6.05. The van der Waals surface area contributed by atoms with Crippen LogP contribution >= 0.6 is 0 Å². The highest BCUT2D eigenvalue weighted by atomic mass is 16.1. The number of fused-ring (bicyclic) bond motifs is 1. The SMILES string of the molecule is CN[C@@H]1CCN(c2ccccc2NC(=O)c2ccn3ncc(-c4cccc(C)c4)c3n2)C1. The number of amides is 1. The molecule has 2 aromatic heterocycles. The predicted molar refractivity (Wildman–Crippen MR) is 127 cm³/mol. The van der Waals surface area contributed by atoms with E-state index in [1.54, 1.807) is 23.0 Å². The van der Waals surface area contributed by atoms with Gasteiger partial charge in [-0.1, -0.05) is 42.0 Å². The monoisotopic (exact) mass is 426 g/mol. The van der Waals surface area contributed by atoms with Crippen LogP contribution in [-0.4, -0.2) is 46.7 Å². The van der Waals surface area contributed by atoms with E-state index in [1.165, 1.54) is 0 Å². The van der Waals surface area contributed by atoms with Gasteiger partial charge in [-0.15, -0.1) is 0 Å². The largest absolute Gasteiger partial charge is 0.368 e. The van der Waals surface area contributed by atoms with Gasteiger partial charge in [0.25, 0.3) is 5.91 Å². The Balaban J connectivity index is 1.43. The second kappa shape index (κ2) is 8.43. The van der Waals surface area contributed by atoms with Crippen molar-refractivity contribution in [1.82, 2.24) is 19.9 Å². The van der Waals surface area contributed by atoms with Crippen molar-refractivity contribution in [3.8, 4) is 11.1 Å². The number of carbonyl (C=O) groups is 1. The fourth-order valence-electron chi connectivity index (χ4n) is 4.27. The third-order valence-electron chi connectivity index (χ3n) is 6.02. The third-order valence-corrected chi connectivity index (χ3v) is 6.02. The van der Waals surface area contributed by atoms with Gasteiger partial charge in [0.15, 0.2) is 5.65 Å². The lowest BCUT2D eigenvalue weighted by atomic mass is 10.1. The van der Waals surface area contributed by atoms with E-state index >= 15 is 0 Å². The molecule has 0 unspecified atom stereocenters. The molecule has 3 heterocycles. The van der Waals surface area contributed by atoms with Crippen LogP contribution < -0.4 is 15.5 Å². The molecule has 1 fully saturated rings. The normalized spacial score (nSPS) is 15.9. The number of para-hydroxylation sites is 2. The van der Waals surface area contributed by atoms with Crippen LogP contribution in [-0.2, 0) is 0 Å². The van der Waals surface area contributed by atoms with Gasteiger partial charge in [-0.05, 0) is 44.2 Å². The zero-order valence-electron chi connectivity index (χ0n) is 18.2. The number of hydrogen-bond acceptors (Lipinski definition) is 5. The first-order valence-corrected chi connectivity index (χ1v) is 10.9. The van der Waals surface area contributed by atoms with E-state index in [2.05, 4.69) is 50.7 Å². The lowest BCUT2D eigenvalue weighted by Gasteiger charge is -2.22. The van der Waals surface area contributed by atoms with Crippen LogP contribution in [0.15, 0.2) is 67.0 Å². The Labute approximate surface area is 187 Å². The van der Waals surface area contributed by atoms with Crippen LogP contribution in [0.3, 0.4) is 0 Å². The molecule has 1 amide bonds. The molecule has 4 aromatic rings. The van der Waals surface area contributed by atoms with Crippen LogP contribution in [0.5, 0.6) is 0 Å². The minimum absolute atomic E-state index is 0.235. The van der Waals surface area contributed by atoms with Crippen LogP contribution in [0.4, 0.5) is 11.4 Å². The number of aromatic nitrogens is 3. The van der Waals surface area contributed by atoms with Crippen molar-refractivity contribution in [2.24, 2.45) is 0 Å². The molecule has 0 aliphatic carbocycles. The number of nitrogens with one attached hydrogen (secondary N) is 2. The van der Waals surface area contributed by atoms with Gasteiger partial charge in [0.2, 0.25) is 0 Å². The first-order valence-electron chi connectivity index (χ1n) is 10.9. The Bertz CT molecular complexity index is 1280. The summed E-state index contributed by atoms with van der Waals surface area (Å²) < 4.78 is 1.70. The summed E-state index contributed by atoms with van der Waals surface area (Å²) in [6.45, 7) is 3.93. The van der Waals surface area contributed by atoms with Crippen LogP contribution in [0.2, 0.25) is 0 Å². The summed E-state index contributed by atoms with van der Waals surface area (Å²) in [5, 5.41) is 10.8. The van der Waals surface area contributed by atoms with Crippen molar-refractivity contribution in [3.05, 3.63) is 78.2 Å². The lowest BCUT2D eigenvalue weighted by molar-refractivity contribution is 0.102. The smallest absolute Gasteiger partial charge is 0.274 e. The maximum Gasteiger partial charge on any atom is 0.274 e. The molecule has 2 N–H and O–H groups in total. The van der Waals surface area contributed by atoms with Crippen LogP contribution in [0.1, 0.15) is 22.5 Å². The lowest BCUT2D eigenvalue weighted by Crippen LogP contribution is -2.30. The zero-order chi connectivity index (χ0) is 22.1. The third kappa shape index (κ3) is 3.83. The molecule has 1 aliphatic heterocycles. The van der Waals surface area contributed by atoms with Gasteiger partial charge in [0, 0.05) is 30.9 Å². The van der Waals surface area contributed by atoms with Gasteiger partial charge in [0.1, 0.15) is 5.69 Å². The van der Waals surface area contributed by atoms with Crippen molar-refractivity contribution in [3.63, 3.8) is 0 Å². The van der Waals surface area contributed by atoms with Gasteiger partial charge in [-0.3, -0.25) is 4.79 Å². The fourth-order valence-corrected chi connectivity index (χ4v) is 4.27.